The molecule has 0 saturated heterocycles. The number of ether oxygens (including phenoxy) is 1. The van der Waals surface area contributed by atoms with Gasteiger partial charge in [-0.05, 0) is 48.2 Å². The van der Waals surface area contributed by atoms with Crippen LogP contribution in [0, 0.1) is 0 Å². The molecule has 0 bridgehead atoms. The van der Waals surface area contributed by atoms with E-state index in [1.54, 1.807) is 7.11 Å². The normalized spacial score (nSPS) is 12.5. The van der Waals surface area contributed by atoms with Gasteiger partial charge >= 0.3 is 0 Å². The maximum atomic E-state index is 5.90. The second-order valence-electron chi connectivity index (χ2n) is 6.03. The molecule has 1 heterocycles. The Balaban J connectivity index is 1.96. The summed E-state index contributed by atoms with van der Waals surface area (Å²) >= 11 is 0. The highest BCUT2D eigenvalue weighted by atomic mass is 16.5. The molecule has 0 radical (unpaired) electrons. The quantitative estimate of drug-likeness (QED) is 0.749. The van der Waals surface area contributed by atoms with Gasteiger partial charge < -0.3 is 15.0 Å². The van der Waals surface area contributed by atoms with Crippen molar-refractivity contribution in [3.05, 3.63) is 65.9 Å². The maximum Gasteiger partial charge on any atom is 0.119 e. The number of nitrogens with two attached hydrogens (primary N) is 1. The monoisotopic (exact) mass is 308 g/mol. The number of aryl methyl sites for hydroxylation is 2. The molecule has 23 heavy (non-hydrogen) atoms. The molecule has 3 rings (SSSR count). The van der Waals surface area contributed by atoms with Gasteiger partial charge in [-0.2, -0.15) is 0 Å². The van der Waals surface area contributed by atoms with Crippen molar-refractivity contribution in [2.75, 3.05) is 13.7 Å². The lowest BCUT2D eigenvalue weighted by Gasteiger charge is -2.07. The molecule has 2 N–H and O–H groups in total. The first kappa shape index (κ1) is 15.6. The summed E-state index contributed by atoms with van der Waals surface area (Å²) in [4.78, 5) is 0. The van der Waals surface area contributed by atoms with E-state index in [2.05, 4.69) is 60.2 Å². The average molecular weight is 308 g/mol. The van der Waals surface area contributed by atoms with Gasteiger partial charge in [-0.1, -0.05) is 37.3 Å². The molecular formula is C20H24N2O. The molecule has 0 aliphatic heterocycles. The van der Waals surface area contributed by atoms with Crippen molar-refractivity contribution in [3.8, 4) is 5.75 Å². The molecule has 0 amide bonds. The first-order valence-corrected chi connectivity index (χ1v) is 8.13. The number of nitrogens with zero attached hydrogens (tertiary/aromatic N) is 1. The predicted octanol–water partition coefficient (Wildman–Crippen LogP) is 3.95. The standard InChI is InChI=1S/C20H24N2O/c1-15(13-21)19-14-22(11-10-16-6-4-3-5-7-16)20-9-8-17(23-2)12-18(19)20/h3-9,12,14-15H,10-11,13,21H2,1-2H3. The van der Waals surface area contributed by atoms with Crippen LogP contribution < -0.4 is 10.5 Å². The third-order valence-corrected chi connectivity index (χ3v) is 4.49. The smallest absolute Gasteiger partial charge is 0.119 e. The average Bonchev–Trinajstić information content (AvgIpc) is 2.98. The third kappa shape index (κ3) is 3.25. The molecular weight excluding hydrogens is 284 g/mol. The van der Waals surface area contributed by atoms with E-state index in [0.717, 1.165) is 18.7 Å². The summed E-state index contributed by atoms with van der Waals surface area (Å²) in [6.07, 6.45) is 3.28. The van der Waals surface area contributed by atoms with Gasteiger partial charge in [0.25, 0.3) is 0 Å². The molecule has 1 unspecified atom stereocenters. The molecule has 2 aromatic carbocycles. The molecule has 1 atom stereocenters. The highest BCUT2D eigenvalue weighted by Crippen LogP contribution is 2.30. The molecule has 0 fully saturated rings. The van der Waals surface area contributed by atoms with E-state index in [4.69, 9.17) is 10.5 Å². The van der Waals surface area contributed by atoms with Gasteiger partial charge in [0.15, 0.2) is 0 Å². The van der Waals surface area contributed by atoms with E-state index in [0.29, 0.717) is 12.5 Å². The predicted molar refractivity (Wildman–Crippen MR) is 96.1 cm³/mol. The number of hydrogen-bond acceptors (Lipinski definition) is 2. The van der Waals surface area contributed by atoms with Crippen LogP contribution in [0.2, 0.25) is 0 Å². The number of rotatable bonds is 6. The Morgan fingerprint density at radius 1 is 1.13 bits per heavy atom. The van der Waals surface area contributed by atoms with Gasteiger partial charge in [0.05, 0.1) is 7.11 Å². The number of benzene rings is 2. The van der Waals surface area contributed by atoms with Crippen LogP contribution in [0.5, 0.6) is 5.75 Å². The lowest BCUT2D eigenvalue weighted by atomic mass is 10.0. The Labute approximate surface area is 137 Å². The van der Waals surface area contributed by atoms with Crippen molar-refractivity contribution in [2.45, 2.75) is 25.8 Å². The van der Waals surface area contributed by atoms with Gasteiger partial charge in [-0.15, -0.1) is 0 Å². The summed E-state index contributed by atoms with van der Waals surface area (Å²) in [7, 11) is 1.71. The Hall–Kier alpha value is -2.26. The van der Waals surface area contributed by atoms with Crippen molar-refractivity contribution in [3.63, 3.8) is 0 Å². The molecule has 3 nitrogen and oxygen atoms in total. The molecule has 3 heteroatoms. The Morgan fingerprint density at radius 2 is 1.91 bits per heavy atom. The molecule has 0 spiro atoms. The number of aromatic nitrogens is 1. The van der Waals surface area contributed by atoms with Gasteiger partial charge in [0.2, 0.25) is 0 Å². The van der Waals surface area contributed by atoms with Crippen LogP contribution in [0.4, 0.5) is 0 Å². The minimum atomic E-state index is 0.336. The molecule has 3 aromatic rings. The number of hydrogen-bond donors (Lipinski definition) is 1. The van der Waals surface area contributed by atoms with Crippen LogP contribution in [0.15, 0.2) is 54.7 Å². The minimum Gasteiger partial charge on any atom is -0.497 e. The van der Waals surface area contributed by atoms with Gasteiger partial charge in [-0.25, -0.2) is 0 Å². The van der Waals surface area contributed by atoms with E-state index in [9.17, 15) is 0 Å². The van der Waals surface area contributed by atoms with E-state index in [-0.39, 0.29) is 0 Å². The molecule has 0 aliphatic rings. The number of fused-ring (bicyclic) bond motifs is 1. The SMILES string of the molecule is COc1ccc2c(c1)c(C(C)CN)cn2CCc1ccccc1. The molecule has 0 saturated carbocycles. The summed E-state index contributed by atoms with van der Waals surface area (Å²) in [5, 5.41) is 1.25. The van der Waals surface area contributed by atoms with Gasteiger partial charge in [-0.3, -0.25) is 0 Å². The van der Waals surface area contributed by atoms with Gasteiger partial charge in [0.1, 0.15) is 5.75 Å². The first-order valence-electron chi connectivity index (χ1n) is 8.13. The van der Waals surface area contributed by atoms with E-state index in [1.165, 1.54) is 22.0 Å². The summed E-state index contributed by atoms with van der Waals surface area (Å²) in [6, 6.07) is 16.9. The fourth-order valence-electron chi connectivity index (χ4n) is 3.03. The summed E-state index contributed by atoms with van der Waals surface area (Å²) in [6.45, 7) is 3.79. The second-order valence-corrected chi connectivity index (χ2v) is 6.03. The maximum absolute atomic E-state index is 5.90. The van der Waals surface area contributed by atoms with Crippen molar-refractivity contribution in [1.82, 2.24) is 4.57 Å². The largest absolute Gasteiger partial charge is 0.497 e. The lowest BCUT2D eigenvalue weighted by molar-refractivity contribution is 0.415. The number of methoxy groups -OCH3 is 1. The first-order chi connectivity index (χ1) is 11.2. The third-order valence-electron chi connectivity index (χ3n) is 4.49. The Bertz CT molecular complexity index is 777. The van der Waals surface area contributed by atoms with Crippen LogP contribution in [-0.4, -0.2) is 18.2 Å². The zero-order valence-corrected chi connectivity index (χ0v) is 13.8. The van der Waals surface area contributed by atoms with Crippen molar-refractivity contribution in [1.29, 1.82) is 0 Å². The van der Waals surface area contributed by atoms with E-state index < -0.39 is 0 Å². The van der Waals surface area contributed by atoms with Crippen molar-refractivity contribution >= 4 is 10.9 Å². The Morgan fingerprint density at radius 3 is 2.61 bits per heavy atom. The topological polar surface area (TPSA) is 40.2 Å². The van der Waals surface area contributed by atoms with E-state index >= 15 is 0 Å². The second kappa shape index (κ2) is 6.88. The fraction of sp³-hybridized carbons (Fsp3) is 0.300. The minimum absolute atomic E-state index is 0.336. The summed E-state index contributed by atoms with van der Waals surface area (Å²) in [5.41, 5.74) is 9.80. The summed E-state index contributed by atoms with van der Waals surface area (Å²) < 4.78 is 7.73. The Kier molecular flexibility index (Phi) is 4.68. The molecule has 0 aliphatic carbocycles. The zero-order chi connectivity index (χ0) is 16.2. The lowest BCUT2D eigenvalue weighted by Crippen LogP contribution is -2.08. The van der Waals surface area contributed by atoms with Crippen molar-refractivity contribution < 1.29 is 4.74 Å². The van der Waals surface area contributed by atoms with Crippen LogP contribution >= 0.6 is 0 Å². The highest BCUT2D eigenvalue weighted by Gasteiger charge is 2.14. The highest BCUT2D eigenvalue weighted by molar-refractivity contribution is 5.86. The van der Waals surface area contributed by atoms with Crippen LogP contribution in [0.3, 0.4) is 0 Å². The van der Waals surface area contributed by atoms with Crippen LogP contribution in [0.1, 0.15) is 24.0 Å². The summed E-state index contributed by atoms with van der Waals surface area (Å²) in [5.74, 6) is 1.23. The zero-order valence-electron chi connectivity index (χ0n) is 13.8. The molecule has 1 aromatic heterocycles. The van der Waals surface area contributed by atoms with E-state index in [1.807, 2.05) is 6.07 Å². The molecule has 120 valence electrons. The van der Waals surface area contributed by atoms with Crippen LogP contribution in [0.25, 0.3) is 10.9 Å². The van der Waals surface area contributed by atoms with Crippen LogP contribution in [-0.2, 0) is 13.0 Å². The van der Waals surface area contributed by atoms with Gasteiger partial charge in [0, 0.05) is 23.6 Å². The van der Waals surface area contributed by atoms with Crippen molar-refractivity contribution in [2.24, 2.45) is 5.73 Å². The fourth-order valence-corrected chi connectivity index (χ4v) is 3.03.